The Morgan fingerprint density at radius 2 is 1.53 bits per heavy atom. The molecule has 3 amide bonds. The van der Waals surface area contributed by atoms with Gasteiger partial charge in [-0.05, 0) is 61.1 Å². The fourth-order valence-corrected chi connectivity index (χ4v) is 4.50. The number of rotatable bonds is 5. The van der Waals surface area contributed by atoms with Gasteiger partial charge in [0.15, 0.2) is 0 Å². The molecule has 0 aromatic heterocycles. The highest BCUT2D eigenvalue weighted by atomic mass is 16.5. The number of aliphatic hydroxyl groups is 1. The van der Waals surface area contributed by atoms with E-state index in [1.165, 1.54) is 0 Å². The zero-order valence-electron chi connectivity index (χ0n) is 19.0. The third kappa shape index (κ3) is 4.31. The number of hydroxylamine groups is 1. The standard InChI is InChI=1S/C26H29N3O5/c30-23(27-13-15-28(16-14-27)25(32)26(33)11-12-26)20-9-7-18(8-10-20)21-5-2-6-22(17-21)29(34)24(31)19-3-1-4-19/h2,5-10,17,19,33-34H,1,3-4,11-16H2. The van der Waals surface area contributed by atoms with Gasteiger partial charge in [0.2, 0.25) is 0 Å². The Bertz CT molecular complexity index is 1100. The smallest absolute Gasteiger partial charge is 0.254 e. The summed E-state index contributed by atoms with van der Waals surface area (Å²) in [4.78, 5) is 41.0. The van der Waals surface area contributed by atoms with E-state index in [9.17, 15) is 24.7 Å². The maximum atomic E-state index is 12.9. The lowest BCUT2D eigenvalue weighted by Gasteiger charge is -2.35. The summed E-state index contributed by atoms with van der Waals surface area (Å²) in [6, 6.07) is 14.4. The van der Waals surface area contributed by atoms with E-state index in [4.69, 9.17) is 0 Å². The van der Waals surface area contributed by atoms with Crippen molar-refractivity contribution < 1.29 is 24.7 Å². The first-order chi connectivity index (χ1) is 16.4. The molecule has 5 rings (SSSR count). The number of benzene rings is 2. The lowest BCUT2D eigenvalue weighted by Crippen LogP contribution is -2.53. The number of nitrogens with zero attached hydrogens (tertiary/aromatic N) is 3. The summed E-state index contributed by atoms with van der Waals surface area (Å²) in [5.74, 6) is -0.679. The molecule has 2 N–H and O–H groups in total. The first kappa shape index (κ1) is 22.6. The summed E-state index contributed by atoms with van der Waals surface area (Å²) in [7, 11) is 0. The summed E-state index contributed by atoms with van der Waals surface area (Å²) in [6.07, 6.45) is 3.70. The van der Waals surface area contributed by atoms with Gasteiger partial charge in [-0.3, -0.25) is 19.6 Å². The van der Waals surface area contributed by atoms with Crippen LogP contribution in [0.1, 0.15) is 42.5 Å². The van der Waals surface area contributed by atoms with Crippen LogP contribution in [-0.2, 0) is 9.59 Å². The van der Waals surface area contributed by atoms with Gasteiger partial charge >= 0.3 is 0 Å². The molecule has 8 nitrogen and oxygen atoms in total. The Hall–Kier alpha value is -3.23. The SMILES string of the molecule is O=C(c1ccc(-c2cccc(N(O)C(=O)C3CCC3)c2)cc1)N1CCN(C(=O)C2(O)CC2)CC1. The minimum absolute atomic E-state index is 0.0924. The number of piperazine rings is 1. The van der Waals surface area contributed by atoms with Crippen LogP contribution in [0.3, 0.4) is 0 Å². The fourth-order valence-electron chi connectivity index (χ4n) is 4.50. The van der Waals surface area contributed by atoms with Gasteiger partial charge in [-0.15, -0.1) is 0 Å². The zero-order chi connectivity index (χ0) is 23.9. The zero-order valence-corrected chi connectivity index (χ0v) is 19.0. The molecule has 178 valence electrons. The predicted octanol–water partition coefficient (Wildman–Crippen LogP) is 2.69. The number of carbonyl (C=O) groups excluding carboxylic acids is 3. The van der Waals surface area contributed by atoms with Crippen LogP contribution in [-0.4, -0.2) is 69.6 Å². The molecular weight excluding hydrogens is 434 g/mol. The topological polar surface area (TPSA) is 101 Å². The van der Waals surface area contributed by atoms with Crippen LogP contribution >= 0.6 is 0 Å². The van der Waals surface area contributed by atoms with Crippen LogP contribution in [0.15, 0.2) is 48.5 Å². The van der Waals surface area contributed by atoms with Crippen LogP contribution in [0.2, 0.25) is 0 Å². The molecule has 0 bridgehead atoms. The molecule has 2 aromatic carbocycles. The van der Waals surface area contributed by atoms with E-state index in [0.29, 0.717) is 50.3 Å². The molecule has 0 unspecified atom stereocenters. The van der Waals surface area contributed by atoms with E-state index in [2.05, 4.69) is 0 Å². The molecule has 0 spiro atoms. The average molecular weight is 464 g/mol. The van der Waals surface area contributed by atoms with Crippen molar-refractivity contribution in [3.8, 4) is 11.1 Å². The summed E-state index contributed by atoms with van der Waals surface area (Å²) >= 11 is 0. The van der Waals surface area contributed by atoms with Crippen LogP contribution in [0.4, 0.5) is 5.69 Å². The van der Waals surface area contributed by atoms with Gasteiger partial charge in [0.05, 0.1) is 5.69 Å². The van der Waals surface area contributed by atoms with Gasteiger partial charge in [-0.25, -0.2) is 0 Å². The summed E-state index contributed by atoms with van der Waals surface area (Å²) in [5, 5.41) is 21.1. The van der Waals surface area contributed by atoms with E-state index in [-0.39, 0.29) is 23.6 Å². The van der Waals surface area contributed by atoms with E-state index < -0.39 is 5.60 Å². The molecule has 34 heavy (non-hydrogen) atoms. The van der Waals surface area contributed by atoms with Gasteiger partial charge in [0.1, 0.15) is 5.60 Å². The second-order valence-electron chi connectivity index (χ2n) is 9.52. The van der Waals surface area contributed by atoms with Gasteiger partial charge in [0.25, 0.3) is 17.7 Å². The lowest BCUT2D eigenvalue weighted by molar-refractivity contribution is -0.144. The van der Waals surface area contributed by atoms with Crippen molar-refractivity contribution >= 4 is 23.4 Å². The lowest BCUT2D eigenvalue weighted by atomic mass is 9.84. The summed E-state index contributed by atoms with van der Waals surface area (Å²) in [5.41, 5.74) is 1.52. The first-order valence-corrected chi connectivity index (χ1v) is 11.9. The molecule has 8 heteroatoms. The minimum atomic E-state index is -1.17. The maximum absolute atomic E-state index is 12.9. The Morgan fingerprint density at radius 3 is 2.12 bits per heavy atom. The molecule has 0 atom stereocenters. The monoisotopic (exact) mass is 463 g/mol. The van der Waals surface area contributed by atoms with Crippen molar-refractivity contribution in [1.29, 1.82) is 0 Å². The Labute approximate surface area is 198 Å². The number of carbonyl (C=O) groups is 3. The van der Waals surface area contributed by atoms with Crippen LogP contribution in [0, 0.1) is 5.92 Å². The van der Waals surface area contributed by atoms with E-state index in [1.54, 1.807) is 40.1 Å². The molecule has 1 saturated heterocycles. The summed E-state index contributed by atoms with van der Waals surface area (Å²) in [6.45, 7) is 1.72. The van der Waals surface area contributed by atoms with Crippen molar-refractivity contribution in [3.05, 3.63) is 54.1 Å². The van der Waals surface area contributed by atoms with Crippen molar-refractivity contribution in [3.63, 3.8) is 0 Å². The molecule has 1 aliphatic heterocycles. The molecular formula is C26H29N3O5. The van der Waals surface area contributed by atoms with E-state index >= 15 is 0 Å². The highest BCUT2D eigenvalue weighted by Gasteiger charge is 2.50. The second kappa shape index (κ2) is 8.85. The van der Waals surface area contributed by atoms with E-state index in [0.717, 1.165) is 35.5 Å². The van der Waals surface area contributed by atoms with Crippen molar-refractivity contribution in [2.75, 3.05) is 31.2 Å². The first-order valence-electron chi connectivity index (χ1n) is 11.9. The summed E-state index contributed by atoms with van der Waals surface area (Å²) < 4.78 is 0. The second-order valence-corrected chi connectivity index (χ2v) is 9.52. The number of anilines is 1. The molecule has 0 radical (unpaired) electrons. The molecule has 2 saturated carbocycles. The highest BCUT2D eigenvalue weighted by molar-refractivity contribution is 5.96. The van der Waals surface area contributed by atoms with Crippen molar-refractivity contribution in [1.82, 2.24) is 9.80 Å². The van der Waals surface area contributed by atoms with Crippen LogP contribution in [0.25, 0.3) is 11.1 Å². The molecule has 2 aliphatic carbocycles. The molecule has 1 heterocycles. The van der Waals surface area contributed by atoms with Crippen molar-refractivity contribution in [2.45, 2.75) is 37.7 Å². The van der Waals surface area contributed by atoms with Crippen LogP contribution < -0.4 is 5.06 Å². The number of hydrogen-bond acceptors (Lipinski definition) is 5. The van der Waals surface area contributed by atoms with Gasteiger partial charge in [0, 0.05) is 37.7 Å². The molecule has 2 aromatic rings. The van der Waals surface area contributed by atoms with Gasteiger partial charge in [-0.1, -0.05) is 30.7 Å². The minimum Gasteiger partial charge on any atom is -0.380 e. The third-order valence-corrected chi connectivity index (χ3v) is 7.19. The molecule has 3 aliphatic rings. The predicted molar refractivity (Wildman–Crippen MR) is 125 cm³/mol. The quantitative estimate of drug-likeness (QED) is 0.525. The van der Waals surface area contributed by atoms with E-state index in [1.807, 2.05) is 18.2 Å². The molecule has 3 fully saturated rings. The normalized spacial score (nSPS) is 19.4. The third-order valence-electron chi connectivity index (χ3n) is 7.19. The van der Waals surface area contributed by atoms with Gasteiger partial charge in [-0.2, -0.15) is 5.06 Å². The highest BCUT2D eigenvalue weighted by Crippen LogP contribution is 2.37. The average Bonchev–Trinajstić information content (AvgIpc) is 3.60. The van der Waals surface area contributed by atoms with Crippen LogP contribution in [0.5, 0.6) is 0 Å². The largest absolute Gasteiger partial charge is 0.380 e. The Balaban J connectivity index is 1.22. The Morgan fingerprint density at radius 1 is 0.882 bits per heavy atom. The van der Waals surface area contributed by atoms with Gasteiger partial charge < -0.3 is 14.9 Å². The number of hydrogen-bond donors (Lipinski definition) is 2. The fraction of sp³-hybridized carbons (Fsp3) is 0.423. The number of amides is 3. The van der Waals surface area contributed by atoms with Crippen molar-refractivity contribution in [2.24, 2.45) is 5.92 Å². The Kier molecular flexibility index (Phi) is 5.87. The maximum Gasteiger partial charge on any atom is 0.254 e.